The summed E-state index contributed by atoms with van der Waals surface area (Å²) in [5, 5.41) is 6.61. The van der Waals surface area contributed by atoms with Crippen LogP contribution in [0.5, 0.6) is 17.2 Å². The number of aryl methyl sites for hydroxylation is 1. The highest BCUT2D eigenvalue weighted by atomic mass is 35.5. The van der Waals surface area contributed by atoms with E-state index in [0.29, 0.717) is 28.8 Å². The van der Waals surface area contributed by atoms with Gasteiger partial charge >= 0.3 is 0 Å². The second kappa shape index (κ2) is 10.6. The number of carbonyl (C=O) groups excluding carboxylic acids is 1. The Morgan fingerprint density at radius 1 is 0.903 bits per heavy atom. The molecule has 0 aliphatic carbocycles. The van der Waals surface area contributed by atoms with Gasteiger partial charge in [-0.15, -0.1) is 0 Å². The molecule has 0 radical (unpaired) electrons. The van der Waals surface area contributed by atoms with Gasteiger partial charge in [-0.3, -0.25) is 4.79 Å². The number of amides is 1. The van der Waals surface area contributed by atoms with Crippen LogP contribution in [0.25, 0.3) is 0 Å². The normalized spacial score (nSPS) is 10.3. The summed E-state index contributed by atoms with van der Waals surface area (Å²) in [6.45, 7) is 2.32. The minimum atomic E-state index is -0.271. The molecule has 6 nitrogen and oxygen atoms in total. The molecule has 3 rings (SSSR count). The minimum Gasteiger partial charge on any atom is -0.497 e. The standard InChI is InChI=1S/C24H25ClN2O4/c1-16-4-6-19(7-5-16)27-24(28)15-31-23-13-21(25)17(12-22(23)30-3)14-26-18-8-10-20(29-2)11-9-18/h4-13,26H,14-15H2,1-3H3,(H,27,28). The highest BCUT2D eigenvalue weighted by molar-refractivity contribution is 6.31. The number of halogens is 1. The average molecular weight is 441 g/mol. The monoisotopic (exact) mass is 440 g/mol. The second-order valence-electron chi connectivity index (χ2n) is 6.88. The number of carbonyl (C=O) groups is 1. The predicted octanol–water partition coefficient (Wildman–Crippen LogP) is 5.30. The molecule has 0 aliphatic heterocycles. The van der Waals surface area contributed by atoms with Crippen molar-refractivity contribution in [2.24, 2.45) is 0 Å². The Morgan fingerprint density at radius 2 is 1.58 bits per heavy atom. The fourth-order valence-electron chi connectivity index (χ4n) is 2.87. The Morgan fingerprint density at radius 3 is 2.23 bits per heavy atom. The van der Waals surface area contributed by atoms with E-state index in [1.165, 1.54) is 0 Å². The van der Waals surface area contributed by atoms with E-state index in [4.69, 9.17) is 25.8 Å². The molecule has 0 spiro atoms. The van der Waals surface area contributed by atoms with Gasteiger partial charge in [-0.1, -0.05) is 29.3 Å². The Balaban J connectivity index is 1.61. The van der Waals surface area contributed by atoms with Crippen molar-refractivity contribution in [3.8, 4) is 17.2 Å². The van der Waals surface area contributed by atoms with Crippen LogP contribution in [0, 0.1) is 6.92 Å². The van der Waals surface area contributed by atoms with Crippen molar-refractivity contribution in [3.63, 3.8) is 0 Å². The molecule has 1 amide bonds. The van der Waals surface area contributed by atoms with Crippen LogP contribution in [0.1, 0.15) is 11.1 Å². The summed E-state index contributed by atoms with van der Waals surface area (Å²) in [5.74, 6) is 1.42. The molecule has 0 bridgehead atoms. The van der Waals surface area contributed by atoms with E-state index >= 15 is 0 Å². The maximum absolute atomic E-state index is 12.2. The molecule has 162 valence electrons. The summed E-state index contributed by atoms with van der Waals surface area (Å²) in [4.78, 5) is 12.2. The number of methoxy groups -OCH3 is 2. The second-order valence-corrected chi connectivity index (χ2v) is 7.29. The van der Waals surface area contributed by atoms with Gasteiger partial charge in [-0.2, -0.15) is 0 Å². The largest absolute Gasteiger partial charge is 0.497 e. The van der Waals surface area contributed by atoms with Crippen LogP contribution in [-0.2, 0) is 11.3 Å². The van der Waals surface area contributed by atoms with Crippen LogP contribution in [0.4, 0.5) is 11.4 Å². The van der Waals surface area contributed by atoms with E-state index in [1.807, 2.05) is 55.5 Å². The highest BCUT2D eigenvalue weighted by Crippen LogP contribution is 2.34. The molecule has 0 aromatic heterocycles. The van der Waals surface area contributed by atoms with E-state index in [0.717, 1.165) is 22.6 Å². The number of nitrogens with one attached hydrogen (secondary N) is 2. The quantitative estimate of drug-likeness (QED) is 0.472. The van der Waals surface area contributed by atoms with E-state index in [1.54, 1.807) is 26.4 Å². The lowest BCUT2D eigenvalue weighted by Crippen LogP contribution is -2.20. The fraction of sp³-hybridized carbons (Fsp3) is 0.208. The molecule has 2 N–H and O–H groups in total. The lowest BCUT2D eigenvalue weighted by Gasteiger charge is -2.15. The molecule has 0 saturated carbocycles. The van der Waals surface area contributed by atoms with E-state index < -0.39 is 0 Å². The first-order valence-electron chi connectivity index (χ1n) is 9.72. The third-order valence-electron chi connectivity index (χ3n) is 4.60. The molecule has 0 fully saturated rings. The van der Waals surface area contributed by atoms with Crippen molar-refractivity contribution in [2.45, 2.75) is 13.5 Å². The zero-order chi connectivity index (χ0) is 22.2. The minimum absolute atomic E-state index is 0.163. The summed E-state index contributed by atoms with van der Waals surface area (Å²) in [6, 6.07) is 18.6. The van der Waals surface area contributed by atoms with Crippen molar-refractivity contribution in [1.82, 2.24) is 0 Å². The first-order chi connectivity index (χ1) is 15.0. The summed E-state index contributed by atoms with van der Waals surface area (Å²) in [5.41, 5.74) is 3.61. The number of rotatable bonds is 9. The summed E-state index contributed by atoms with van der Waals surface area (Å²) in [6.07, 6.45) is 0. The van der Waals surface area contributed by atoms with Crippen molar-refractivity contribution in [2.75, 3.05) is 31.5 Å². The molecule has 31 heavy (non-hydrogen) atoms. The molecule has 7 heteroatoms. The SMILES string of the molecule is COc1ccc(NCc2cc(OC)c(OCC(=O)Nc3ccc(C)cc3)cc2Cl)cc1. The Labute approximate surface area is 187 Å². The molecule has 0 unspecified atom stereocenters. The zero-order valence-corrected chi connectivity index (χ0v) is 18.5. The first kappa shape index (κ1) is 22.3. The van der Waals surface area contributed by atoms with Gasteiger partial charge in [0.1, 0.15) is 5.75 Å². The van der Waals surface area contributed by atoms with Crippen molar-refractivity contribution in [3.05, 3.63) is 76.8 Å². The Hall–Kier alpha value is -3.38. The number of hydrogen-bond donors (Lipinski definition) is 2. The highest BCUT2D eigenvalue weighted by Gasteiger charge is 2.13. The van der Waals surface area contributed by atoms with Gasteiger partial charge in [0.2, 0.25) is 0 Å². The zero-order valence-electron chi connectivity index (χ0n) is 17.7. The van der Waals surface area contributed by atoms with Crippen LogP contribution in [0.2, 0.25) is 5.02 Å². The van der Waals surface area contributed by atoms with Crippen molar-refractivity contribution < 1.29 is 19.0 Å². The van der Waals surface area contributed by atoms with Gasteiger partial charge in [0, 0.05) is 29.0 Å². The molecule has 0 heterocycles. The summed E-state index contributed by atoms with van der Waals surface area (Å²) < 4.78 is 16.2. The van der Waals surface area contributed by atoms with Gasteiger partial charge in [0.25, 0.3) is 5.91 Å². The molecular weight excluding hydrogens is 416 g/mol. The Kier molecular flexibility index (Phi) is 7.62. The molecule has 3 aromatic carbocycles. The average Bonchev–Trinajstić information content (AvgIpc) is 2.79. The van der Waals surface area contributed by atoms with Crippen LogP contribution >= 0.6 is 11.6 Å². The first-order valence-corrected chi connectivity index (χ1v) is 10.1. The van der Waals surface area contributed by atoms with Gasteiger partial charge in [0.05, 0.1) is 14.2 Å². The number of benzene rings is 3. The maximum Gasteiger partial charge on any atom is 0.262 e. The van der Waals surface area contributed by atoms with Gasteiger partial charge in [-0.05, 0) is 55.0 Å². The van der Waals surface area contributed by atoms with Crippen LogP contribution < -0.4 is 24.8 Å². The topological polar surface area (TPSA) is 68.8 Å². The fourth-order valence-corrected chi connectivity index (χ4v) is 3.09. The smallest absolute Gasteiger partial charge is 0.262 e. The molecule has 3 aromatic rings. The van der Waals surface area contributed by atoms with Crippen LogP contribution in [0.3, 0.4) is 0 Å². The summed E-state index contributed by atoms with van der Waals surface area (Å²) >= 11 is 6.44. The van der Waals surface area contributed by atoms with Gasteiger partial charge in [-0.25, -0.2) is 0 Å². The van der Waals surface area contributed by atoms with Crippen molar-refractivity contribution >= 4 is 28.9 Å². The predicted molar refractivity (Wildman–Crippen MR) is 124 cm³/mol. The van der Waals surface area contributed by atoms with Crippen LogP contribution in [0.15, 0.2) is 60.7 Å². The van der Waals surface area contributed by atoms with E-state index in [-0.39, 0.29) is 12.5 Å². The third kappa shape index (κ3) is 6.30. The van der Waals surface area contributed by atoms with Gasteiger partial charge in [0.15, 0.2) is 18.1 Å². The lowest BCUT2D eigenvalue weighted by molar-refractivity contribution is -0.118. The molecular formula is C24H25ClN2O4. The number of ether oxygens (including phenoxy) is 3. The van der Waals surface area contributed by atoms with Crippen molar-refractivity contribution in [1.29, 1.82) is 0 Å². The van der Waals surface area contributed by atoms with Gasteiger partial charge < -0.3 is 24.8 Å². The molecule has 0 saturated heterocycles. The molecule has 0 atom stereocenters. The number of anilines is 2. The van der Waals surface area contributed by atoms with Crippen LogP contribution in [-0.4, -0.2) is 26.7 Å². The summed E-state index contributed by atoms with van der Waals surface area (Å²) in [7, 11) is 3.17. The number of hydrogen-bond acceptors (Lipinski definition) is 5. The molecule has 0 aliphatic rings. The lowest BCUT2D eigenvalue weighted by atomic mass is 10.2. The maximum atomic E-state index is 12.2. The third-order valence-corrected chi connectivity index (χ3v) is 4.95. The van der Waals surface area contributed by atoms with E-state index in [2.05, 4.69) is 10.6 Å². The van der Waals surface area contributed by atoms with E-state index in [9.17, 15) is 4.79 Å². The Bertz CT molecular complexity index is 1020.